The second-order valence-corrected chi connectivity index (χ2v) is 6.06. The monoisotopic (exact) mass is 480 g/mol. The van der Waals surface area contributed by atoms with Gasteiger partial charge in [0.2, 0.25) is 0 Å². The smallest absolute Gasteiger partial charge is 0.191 e. The fourth-order valence-electron chi connectivity index (χ4n) is 2.61. The van der Waals surface area contributed by atoms with Crippen molar-refractivity contribution in [3.05, 3.63) is 77.1 Å². The predicted octanol–water partition coefficient (Wildman–Crippen LogP) is 3.98. The number of nitrogens with one attached hydrogen (secondary N) is 2. The van der Waals surface area contributed by atoms with Crippen LogP contribution in [0.5, 0.6) is 0 Å². The Morgan fingerprint density at radius 3 is 2.56 bits per heavy atom. The molecule has 0 aliphatic heterocycles. The van der Waals surface area contributed by atoms with Crippen molar-refractivity contribution in [3.63, 3.8) is 0 Å². The summed E-state index contributed by atoms with van der Waals surface area (Å²) >= 11 is 0. The van der Waals surface area contributed by atoms with Gasteiger partial charge in [-0.25, -0.2) is 4.99 Å². The molecule has 0 aliphatic carbocycles. The summed E-state index contributed by atoms with van der Waals surface area (Å²) in [5.41, 5.74) is 3.12. The van der Waals surface area contributed by atoms with E-state index in [0.717, 1.165) is 47.3 Å². The van der Waals surface area contributed by atoms with E-state index in [1.165, 1.54) is 0 Å². The fraction of sp³-hybridized carbons (Fsp3) is 0.300. The number of aromatic nitrogens is 1. The molecule has 0 amide bonds. The van der Waals surface area contributed by atoms with Crippen LogP contribution in [0.15, 0.2) is 62.7 Å². The van der Waals surface area contributed by atoms with E-state index in [1.807, 2.05) is 44.2 Å². The molecule has 3 aromatic rings. The molecule has 0 aliphatic rings. The van der Waals surface area contributed by atoms with Crippen molar-refractivity contribution in [2.75, 3.05) is 6.54 Å². The second-order valence-electron chi connectivity index (χ2n) is 6.06. The van der Waals surface area contributed by atoms with Gasteiger partial charge in [-0.05, 0) is 31.5 Å². The van der Waals surface area contributed by atoms with Crippen molar-refractivity contribution in [3.8, 4) is 0 Å². The molecular weight excluding hydrogens is 455 g/mol. The molecule has 0 saturated carbocycles. The maximum absolute atomic E-state index is 5.37. The van der Waals surface area contributed by atoms with Crippen LogP contribution in [0.25, 0.3) is 0 Å². The Hall–Kier alpha value is -2.29. The van der Waals surface area contributed by atoms with E-state index in [4.69, 9.17) is 8.94 Å². The van der Waals surface area contributed by atoms with Gasteiger partial charge in [-0.2, -0.15) is 0 Å². The average Bonchev–Trinajstić information content (AvgIpc) is 3.28. The van der Waals surface area contributed by atoms with Crippen LogP contribution in [0.2, 0.25) is 0 Å². The first kappa shape index (κ1) is 21.0. The summed E-state index contributed by atoms with van der Waals surface area (Å²) in [4.78, 5) is 4.68. The zero-order chi connectivity index (χ0) is 18.2. The van der Waals surface area contributed by atoms with Gasteiger partial charge >= 0.3 is 0 Å². The summed E-state index contributed by atoms with van der Waals surface area (Å²) in [6.07, 6.45) is 2.49. The lowest BCUT2D eigenvalue weighted by atomic mass is 10.2. The first-order chi connectivity index (χ1) is 12.7. The van der Waals surface area contributed by atoms with E-state index in [-0.39, 0.29) is 24.0 Å². The molecule has 27 heavy (non-hydrogen) atoms. The molecule has 144 valence electrons. The van der Waals surface area contributed by atoms with Crippen molar-refractivity contribution in [1.29, 1.82) is 0 Å². The number of aliphatic imine (C=N–C) groups is 1. The van der Waals surface area contributed by atoms with Gasteiger partial charge in [-0.3, -0.25) is 0 Å². The van der Waals surface area contributed by atoms with E-state index >= 15 is 0 Å². The van der Waals surface area contributed by atoms with Crippen LogP contribution >= 0.6 is 24.0 Å². The van der Waals surface area contributed by atoms with Gasteiger partial charge in [0.1, 0.15) is 11.5 Å². The van der Waals surface area contributed by atoms with Crippen molar-refractivity contribution in [2.45, 2.75) is 33.4 Å². The average molecular weight is 480 g/mol. The minimum Gasteiger partial charge on any atom is -0.469 e. The Kier molecular flexibility index (Phi) is 8.38. The first-order valence-corrected chi connectivity index (χ1v) is 8.72. The number of halogens is 1. The molecule has 1 aromatic carbocycles. The Morgan fingerprint density at radius 1 is 1.07 bits per heavy atom. The molecule has 0 saturated heterocycles. The molecule has 0 spiro atoms. The zero-order valence-corrected chi connectivity index (χ0v) is 17.9. The third-order valence-corrected chi connectivity index (χ3v) is 4.12. The maximum Gasteiger partial charge on any atom is 0.191 e. The van der Waals surface area contributed by atoms with E-state index in [9.17, 15) is 0 Å². The molecular formula is C20H25IN4O2. The number of hydrogen-bond donors (Lipinski definition) is 2. The fourth-order valence-corrected chi connectivity index (χ4v) is 2.61. The van der Waals surface area contributed by atoms with Crippen molar-refractivity contribution in [1.82, 2.24) is 15.8 Å². The van der Waals surface area contributed by atoms with Crippen molar-refractivity contribution < 1.29 is 8.94 Å². The molecule has 0 unspecified atom stereocenters. The van der Waals surface area contributed by atoms with Crippen LogP contribution in [-0.4, -0.2) is 17.7 Å². The number of furan rings is 1. The maximum atomic E-state index is 5.37. The summed E-state index contributed by atoms with van der Waals surface area (Å²) in [7, 11) is 0. The SMILES string of the molecule is Cc1noc(C)c1CNC(=NCc1ccccc1)NCCc1ccco1.I. The predicted molar refractivity (Wildman–Crippen MR) is 116 cm³/mol. The second kappa shape index (κ2) is 10.8. The third-order valence-electron chi connectivity index (χ3n) is 4.12. The van der Waals surface area contributed by atoms with Crippen molar-refractivity contribution in [2.24, 2.45) is 4.99 Å². The lowest BCUT2D eigenvalue weighted by Crippen LogP contribution is -2.38. The van der Waals surface area contributed by atoms with E-state index in [2.05, 4.69) is 32.9 Å². The highest BCUT2D eigenvalue weighted by Gasteiger charge is 2.09. The van der Waals surface area contributed by atoms with E-state index < -0.39 is 0 Å². The third kappa shape index (κ3) is 6.42. The van der Waals surface area contributed by atoms with Crippen LogP contribution in [-0.2, 0) is 19.5 Å². The number of nitrogens with zero attached hydrogens (tertiary/aromatic N) is 2. The van der Waals surface area contributed by atoms with E-state index in [1.54, 1.807) is 6.26 Å². The van der Waals surface area contributed by atoms with E-state index in [0.29, 0.717) is 13.1 Å². The molecule has 6 nitrogen and oxygen atoms in total. The molecule has 0 bridgehead atoms. The van der Waals surface area contributed by atoms with Gasteiger partial charge in [-0.1, -0.05) is 35.5 Å². The summed E-state index contributed by atoms with van der Waals surface area (Å²) in [5.74, 6) is 2.53. The van der Waals surface area contributed by atoms with Crippen LogP contribution in [0.4, 0.5) is 0 Å². The Morgan fingerprint density at radius 2 is 1.89 bits per heavy atom. The number of guanidine groups is 1. The number of rotatable bonds is 7. The summed E-state index contributed by atoms with van der Waals surface area (Å²) in [6.45, 7) is 5.82. The first-order valence-electron chi connectivity index (χ1n) is 8.72. The van der Waals surface area contributed by atoms with Crippen LogP contribution in [0.1, 0.15) is 28.3 Å². The largest absolute Gasteiger partial charge is 0.469 e. The molecule has 2 heterocycles. The lowest BCUT2D eigenvalue weighted by Gasteiger charge is -2.12. The molecule has 7 heteroatoms. The van der Waals surface area contributed by atoms with Gasteiger partial charge in [0.25, 0.3) is 0 Å². The number of benzene rings is 1. The summed E-state index contributed by atoms with van der Waals surface area (Å²) < 4.78 is 10.6. The standard InChI is InChI=1S/C20H24N4O2.HI/c1-15-19(16(2)26-24-15)14-23-20(21-11-10-18-9-6-12-25-18)22-13-17-7-4-3-5-8-17;/h3-9,12H,10-11,13-14H2,1-2H3,(H2,21,22,23);1H. The highest BCUT2D eigenvalue weighted by atomic mass is 127. The Labute approximate surface area is 176 Å². The minimum absolute atomic E-state index is 0. The molecule has 2 N–H and O–H groups in total. The number of aryl methyl sites for hydroxylation is 2. The van der Waals surface area contributed by atoms with Gasteiger partial charge < -0.3 is 19.6 Å². The Balaban J connectivity index is 0.00000261. The molecule has 2 aromatic heterocycles. The minimum atomic E-state index is 0. The molecule has 0 fully saturated rings. The number of hydrogen-bond acceptors (Lipinski definition) is 4. The van der Waals surface area contributed by atoms with Crippen molar-refractivity contribution >= 4 is 29.9 Å². The molecule has 0 atom stereocenters. The summed E-state index contributed by atoms with van der Waals surface area (Å²) in [5, 5.41) is 10.7. The lowest BCUT2D eigenvalue weighted by molar-refractivity contribution is 0.392. The zero-order valence-electron chi connectivity index (χ0n) is 15.6. The quantitative estimate of drug-likeness (QED) is 0.304. The van der Waals surface area contributed by atoms with Gasteiger partial charge in [0, 0.05) is 25.1 Å². The molecule has 0 radical (unpaired) electrons. The topological polar surface area (TPSA) is 75.6 Å². The van der Waals surface area contributed by atoms with Gasteiger partial charge in [-0.15, -0.1) is 24.0 Å². The summed E-state index contributed by atoms with van der Waals surface area (Å²) in [6, 6.07) is 14.1. The molecule has 3 rings (SSSR count). The van der Waals surface area contributed by atoms with Crippen LogP contribution in [0.3, 0.4) is 0 Å². The highest BCUT2D eigenvalue weighted by molar-refractivity contribution is 14.0. The van der Waals surface area contributed by atoms with Crippen LogP contribution < -0.4 is 10.6 Å². The van der Waals surface area contributed by atoms with Gasteiger partial charge in [0.05, 0.1) is 18.5 Å². The van der Waals surface area contributed by atoms with Gasteiger partial charge in [0.15, 0.2) is 5.96 Å². The Bertz CT molecular complexity index is 810. The normalized spacial score (nSPS) is 11.1. The highest BCUT2D eigenvalue weighted by Crippen LogP contribution is 2.11. The van der Waals surface area contributed by atoms with Crippen LogP contribution in [0, 0.1) is 13.8 Å².